The summed E-state index contributed by atoms with van der Waals surface area (Å²) in [4.78, 5) is 11.9. The normalized spacial score (nSPS) is 10.5. The van der Waals surface area contributed by atoms with Crippen molar-refractivity contribution in [1.82, 2.24) is 0 Å². The first kappa shape index (κ1) is 15.9. The topological polar surface area (TPSA) is 58.6 Å². The van der Waals surface area contributed by atoms with Gasteiger partial charge in [-0.3, -0.25) is 4.79 Å². The molecule has 1 amide bonds. The van der Waals surface area contributed by atoms with Crippen LogP contribution in [0.3, 0.4) is 0 Å². The summed E-state index contributed by atoms with van der Waals surface area (Å²) in [7, 11) is 0. The molecule has 2 N–H and O–H groups in total. The molecule has 0 bridgehead atoms. The lowest BCUT2D eigenvalue weighted by Gasteiger charge is -2.11. The lowest BCUT2D eigenvalue weighted by Crippen LogP contribution is -2.20. The number of aromatic hydroxyl groups is 1. The summed E-state index contributed by atoms with van der Waals surface area (Å²) in [6, 6.07) is 12.8. The molecular weight excluding hydrogens is 278 g/mol. The van der Waals surface area contributed by atoms with Gasteiger partial charge >= 0.3 is 0 Å². The Hall–Kier alpha value is -2.49. The van der Waals surface area contributed by atoms with Crippen molar-refractivity contribution >= 4 is 11.6 Å². The van der Waals surface area contributed by atoms with E-state index >= 15 is 0 Å². The third-order valence-electron chi connectivity index (χ3n) is 3.32. The number of nitrogens with one attached hydrogen (secondary N) is 1. The number of rotatable bonds is 5. The quantitative estimate of drug-likeness (QED) is 0.825. The van der Waals surface area contributed by atoms with Crippen molar-refractivity contribution in [2.75, 3.05) is 11.9 Å². The molecule has 4 nitrogen and oxygen atoms in total. The zero-order valence-corrected chi connectivity index (χ0v) is 13.1. The third-order valence-corrected chi connectivity index (χ3v) is 3.32. The molecule has 0 unspecified atom stereocenters. The van der Waals surface area contributed by atoms with E-state index < -0.39 is 0 Å². The Kier molecular flexibility index (Phi) is 5.04. The highest BCUT2D eigenvalue weighted by Gasteiger charge is 2.08. The number of phenolic OH excluding ortho intramolecular Hbond substituents is 1. The number of anilines is 1. The second kappa shape index (κ2) is 6.98. The fraction of sp³-hybridized carbons (Fsp3) is 0.278. The van der Waals surface area contributed by atoms with Crippen LogP contribution in [0.4, 0.5) is 5.69 Å². The zero-order valence-electron chi connectivity index (χ0n) is 13.1. The Labute approximate surface area is 130 Å². The van der Waals surface area contributed by atoms with E-state index in [9.17, 15) is 9.90 Å². The Balaban J connectivity index is 1.94. The van der Waals surface area contributed by atoms with E-state index in [2.05, 4.69) is 19.2 Å². The van der Waals surface area contributed by atoms with Crippen molar-refractivity contribution in [3.63, 3.8) is 0 Å². The summed E-state index contributed by atoms with van der Waals surface area (Å²) in [6.45, 7) is 5.98. The standard InChI is InChI=1S/C18H21NO3/c1-12(2)14-5-4-6-15(10-14)22-11-18(21)19-16-8-7-13(3)9-17(16)20/h4-10,12,20H,11H2,1-3H3,(H,19,21). The molecule has 0 atom stereocenters. The Morgan fingerprint density at radius 3 is 2.68 bits per heavy atom. The van der Waals surface area contributed by atoms with Crippen molar-refractivity contribution in [2.24, 2.45) is 0 Å². The van der Waals surface area contributed by atoms with E-state index in [-0.39, 0.29) is 18.3 Å². The lowest BCUT2D eigenvalue weighted by atomic mass is 10.0. The molecule has 2 aromatic rings. The molecular formula is C18H21NO3. The Bertz CT molecular complexity index is 665. The van der Waals surface area contributed by atoms with E-state index in [0.29, 0.717) is 17.4 Å². The van der Waals surface area contributed by atoms with E-state index in [1.807, 2.05) is 37.3 Å². The summed E-state index contributed by atoms with van der Waals surface area (Å²) in [5, 5.41) is 12.4. The number of phenols is 1. The maximum atomic E-state index is 11.9. The van der Waals surface area contributed by atoms with E-state index in [4.69, 9.17) is 4.74 Å². The maximum absolute atomic E-state index is 11.9. The highest BCUT2D eigenvalue weighted by molar-refractivity contribution is 5.93. The molecule has 2 aromatic carbocycles. The van der Waals surface area contributed by atoms with Gasteiger partial charge in [-0.25, -0.2) is 0 Å². The maximum Gasteiger partial charge on any atom is 0.262 e. The molecule has 116 valence electrons. The highest BCUT2D eigenvalue weighted by Crippen LogP contribution is 2.24. The lowest BCUT2D eigenvalue weighted by molar-refractivity contribution is -0.118. The number of aryl methyl sites for hydroxylation is 1. The van der Waals surface area contributed by atoms with Gasteiger partial charge in [-0.15, -0.1) is 0 Å². The molecule has 0 radical (unpaired) electrons. The van der Waals surface area contributed by atoms with Crippen LogP contribution in [0.15, 0.2) is 42.5 Å². The van der Waals surface area contributed by atoms with Gasteiger partial charge in [0.1, 0.15) is 11.5 Å². The monoisotopic (exact) mass is 299 g/mol. The smallest absolute Gasteiger partial charge is 0.262 e. The van der Waals surface area contributed by atoms with Crippen molar-refractivity contribution in [3.05, 3.63) is 53.6 Å². The molecule has 22 heavy (non-hydrogen) atoms. The van der Waals surface area contributed by atoms with E-state index in [1.165, 1.54) is 0 Å². The van der Waals surface area contributed by atoms with Crippen LogP contribution in [0.25, 0.3) is 0 Å². The van der Waals surface area contributed by atoms with Gasteiger partial charge in [-0.1, -0.05) is 32.0 Å². The summed E-state index contributed by atoms with van der Waals surface area (Å²) < 4.78 is 5.50. The molecule has 0 saturated carbocycles. The van der Waals surface area contributed by atoms with Crippen LogP contribution in [0.2, 0.25) is 0 Å². The number of amides is 1. The molecule has 0 aromatic heterocycles. The summed E-state index contributed by atoms with van der Waals surface area (Å²) in [5.41, 5.74) is 2.47. The summed E-state index contributed by atoms with van der Waals surface area (Å²) >= 11 is 0. The van der Waals surface area contributed by atoms with Gasteiger partial charge in [-0.05, 0) is 48.2 Å². The first-order chi connectivity index (χ1) is 10.5. The molecule has 0 aliphatic carbocycles. The van der Waals surface area contributed by atoms with Gasteiger partial charge in [0.25, 0.3) is 5.91 Å². The van der Waals surface area contributed by atoms with Crippen LogP contribution < -0.4 is 10.1 Å². The number of carbonyl (C=O) groups is 1. The minimum absolute atomic E-state index is 0.0511. The molecule has 0 saturated heterocycles. The van der Waals surface area contributed by atoms with Crippen molar-refractivity contribution in [1.29, 1.82) is 0 Å². The number of ether oxygens (including phenoxy) is 1. The van der Waals surface area contributed by atoms with Crippen LogP contribution >= 0.6 is 0 Å². The molecule has 0 heterocycles. The van der Waals surface area contributed by atoms with E-state index in [1.54, 1.807) is 12.1 Å². The second-order valence-electron chi connectivity index (χ2n) is 5.58. The highest BCUT2D eigenvalue weighted by atomic mass is 16.5. The van der Waals surface area contributed by atoms with Gasteiger partial charge in [0, 0.05) is 0 Å². The predicted molar refractivity (Wildman–Crippen MR) is 87.5 cm³/mol. The van der Waals surface area contributed by atoms with Crippen LogP contribution in [0.5, 0.6) is 11.5 Å². The fourth-order valence-corrected chi connectivity index (χ4v) is 2.05. The molecule has 0 spiro atoms. The average Bonchev–Trinajstić information content (AvgIpc) is 2.48. The minimum atomic E-state index is -0.311. The molecule has 4 heteroatoms. The number of hydrogen-bond acceptors (Lipinski definition) is 3. The number of benzene rings is 2. The van der Waals surface area contributed by atoms with Crippen molar-refractivity contribution in [2.45, 2.75) is 26.7 Å². The summed E-state index contributed by atoms with van der Waals surface area (Å²) in [5.74, 6) is 0.806. The van der Waals surface area contributed by atoms with Gasteiger partial charge < -0.3 is 15.2 Å². The minimum Gasteiger partial charge on any atom is -0.506 e. The number of hydrogen-bond donors (Lipinski definition) is 2. The Morgan fingerprint density at radius 2 is 2.00 bits per heavy atom. The largest absolute Gasteiger partial charge is 0.506 e. The van der Waals surface area contributed by atoms with Crippen LogP contribution in [0, 0.1) is 6.92 Å². The van der Waals surface area contributed by atoms with Crippen LogP contribution in [-0.4, -0.2) is 17.6 Å². The van der Waals surface area contributed by atoms with Gasteiger partial charge in [-0.2, -0.15) is 0 Å². The Morgan fingerprint density at radius 1 is 1.23 bits per heavy atom. The molecule has 0 aliphatic heterocycles. The van der Waals surface area contributed by atoms with Crippen molar-refractivity contribution in [3.8, 4) is 11.5 Å². The second-order valence-corrected chi connectivity index (χ2v) is 5.58. The average molecular weight is 299 g/mol. The molecule has 0 aliphatic rings. The third kappa shape index (κ3) is 4.25. The predicted octanol–water partition coefficient (Wildman–Crippen LogP) is 3.84. The van der Waals surface area contributed by atoms with Gasteiger partial charge in [0.2, 0.25) is 0 Å². The van der Waals surface area contributed by atoms with Crippen molar-refractivity contribution < 1.29 is 14.6 Å². The molecule has 2 rings (SSSR count). The van der Waals surface area contributed by atoms with Gasteiger partial charge in [0.05, 0.1) is 5.69 Å². The number of carbonyl (C=O) groups excluding carboxylic acids is 1. The SMILES string of the molecule is Cc1ccc(NC(=O)COc2cccc(C(C)C)c2)c(O)c1. The van der Waals surface area contributed by atoms with Crippen LogP contribution in [-0.2, 0) is 4.79 Å². The first-order valence-corrected chi connectivity index (χ1v) is 7.28. The van der Waals surface area contributed by atoms with Gasteiger partial charge in [0.15, 0.2) is 6.61 Å². The first-order valence-electron chi connectivity index (χ1n) is 7.28. The summed E-state index contributed by atoms with van der Waals surface area (Å²) in [6.07, 6.45) is 0. The zero-order chi connectivity index (χ0) is 16.1. The fourth-order valence-electron chi connectivity index (χ4n) is 2.05. The van der Waals surface area contributed by atoms with Crippen LogP contribution in [0.1, 0.15) is 30.9 Å². The molecule has 0 fully saturated rings. The van der Waals surface area contributed by atoms with E-state index in [0.717, 1.165) is 11.1 Å².